The van der Waals surface area contributed by atoms with E-state index in [4.69, 9.17) is 0 Å². The van der Waals surface area contributed by atoms with Gasteiger partial charge in [0.1, 0.15) is 6.54 Å². The fraction of sp³-hybridized carbons (Fsp3) is 0.550. The van der Waals surface area contributed by atoms with E-state index >= 15 is 0 Å². The van der Waals surface area contributed by atoms with Gasteiger partial charge in [0.2, 0.25) is 5.91 Å². The molecule has 2 aliphatic rings. The van der Waals surface area contributed by atoms with Crippen LogP contribution in [0.2, 0.25) is 0 Å². The lowest BCUT2D eigenvalue weighted by atomic mass is 9.88. The van der Waals surface area contributed by atoms with E-state index in [0.29, 0.717) is 17.7 Å². The number of likely N-dealkylation sites (N-methyl/N-ethyl adjacent to an activating group) is 1. The first-order chi connectivity index (χ1) is 12.4. The first kappa shape index (κ1) is 18.6. The molecule has 1 aromatic rings. The maximum Gasteiger partial charge on any atom is 0.262 e. The molecule has 3 rings (SSSR count). The van der Waals surface area contributed by atoms with Crippen LogP contribution in [0.1, 0.15) is 59.2 Å². The van der Waals surface area contributed by atoms with Crippen LogP contribution in [0.4, 0.5) is 0 Å². The van der Waals surface area contributed by atoms with E-state index in [-0.39, 0.29) is 18.0 Å². The van der Waals surface area contributed by atoms with Gasteiger partial charge in [-0.25, -0.2) is 0 Å². The number of benzene rings is 1. The monoisotopic (exact) mass is 357 g/mol. The van der Waals surface area contributed by atoms with Crippen LogP contribution in [0, 0.1) is 0 Å². The van der Waals surface area contributed by atoms with Crippen LogP contribution in [0.5, 0.6) is 0 Å². The molecule has 0 bridgehead atoms. The van der Waals surface area contributed by atoms with Gasteiger partial charge in [-0.05, 0) is 39.1 Å². The Balaban J connectivity index is 1.62. The Morgan fingerprint density at radius 2 is 1.58 bits per heavy atom. The molecule has 1 aromatic carbocycles. The molecule has 0 radical (unpaired) electrons. The third kappa shape index (κ3) is 3.51. The highest BCUT2D eigenvalue weighted by Crippen LogP contribution is 2.30. The molecule has 1 aliphatic carbocycles. The minimum absolute atomic E-state index is 0.0475. The summed E-state index contributed by atoms with van der Waals surface area (Å²) in [7, 11) is 4.11. The van der Waals surface area contributed by atoms with Crippen molar-refractivity contribution in [3.05, 3.63) is 35.4 Å². The maximum atomic E-state index is 12.5. The second-order valence-electron chi connectivity index (χ2n) is 7.55. The van der Waals surface area contributed by atoms with Crippen LogP contribution >= 0.6 is 0 Å². The number of amides is 3. The number of hydrogen-bond donors (Lipinski definition) is 1. The molecule has 1 fully saturated rings. The molecule has 1 heterocycles. The smallest absolute Gasteiger partial charge is 0.262 e. The highest BCUT2D eigenvalue weighted by Gasteiger charge is 2.37. The zero-order valence-electron chi connectivity index (χ0n) is 15.6. The van der Waals surface area contributed by atoms with Crippen molar-refractivity contribution in [3.63, 3.8) is 0 Å². The fourth-order valence-electron chi connectivity index (χ4n) is 4.01. The number of carbonyl (C=O) groups is 3. The van der Waals surface area contributed by atoms with Gasteiger partial charge in [-0.3, -0.25) is 19.3 Å². The third-order valence-corrected chi connectivity index (χ3v) is 5.78. The molecule has 0 atom stereocenters. The topological polar surface area (TPSA) is 69.7 Å². The predicted molar refractivity (Wildman–Crippen MR) is 98.9 cm³/mol. The average molecular weight is 357 g/mol. The molecule has 1 N–H and O–H groups in total. The molecule has 0 aromatic heterocycles. The number of carbonyl (C=O) groups excluding carboxylic acids is 3. The first-order valence-corrected chi connectivity index (χ1v) is 9.34. The van der Waals surface area contributed by atoms with E-state index in [1.807, 2.05) is 0 Å². The van der Waals surface area contributed by atoms with Crippen molar-refractivity contribution in [2.75, 3.05) is 27.2 Å². The molecule has 0 unspecified atom stereocenters. The van der Waals surface area contributed by atoms with Crippen molar-refractivity contribution in [3.8, 4) is 0 Å². The molecule has 6 heteroatoms. The van der Waals surface area contributed by atoms with Crippen molar-refractivity contribution < 1.29 is 14.4 Å². The Hall–Kier alpha value is -2.21. The van der Waals surface area contributed by atoms with Crippen LogP contribution in [0.3, 0.4) is 0 Å². The van der Waals surface area contributed by atoms with Crippen LogP contribution in [0.25, 0.3) is 0 Å². The van der Waals surface area contributed by atoms with Crippen LogP contribution in [0.15, 0.2) is 24.3 Å². The number of nitrogens with one attached hydrogen (secondary N) is 1. The fourth-order valence-corrected chi connectivity index (χ4v) is 4.01. The van der Waals surface area contributed by atoms with Gasteiger partial charge in [-0.1, -0.05) is 37.8 Å². The maximum absolute atomic E-state index is 12.5. The Morgan fingerprint density at radius 1 is 1.04 bits per heavy atom. The SMILES string of the molecule is CN(C)C1(CNC(=O)CN2C(=O)c3ccccc3C2=O)CCCCCC1. The van der Waals surface area contributed by atoms with Gasteiger partial charge in [-0.15, -0.1) is 0 Å². The summed E-state index contributed by atoms with van der Waals surface area (Å²) in [6.07, 6.45) is 6.89. The van der Waals surface area contributed by atoms with Gasteiger partial charge in [0.15, 0.2) is 0 Å². The summed E-state index contributed by atoms with van der Waals surface area (Å²) in [6, 6.07) is 6.70. The minimum Gasteiger partial charge on any atom is -0.353 e. The van der Waals surface area contributed by atoms with Gasteiger partial charge >= 0.3 is 0 Å². The second-order valence-corrected chi connectivity index (χ2v) is 7.55. The second kappa shape index (κ2) is 7.58. The van der Waals surface area contributed by atoms with Gasteiger partial charge in [0.25, 0.3) is 11.8 Å². The van der Waals surface area contributed by atoms with E-state index in [2.05, 4.69) is 24.3 Å². The first-order valence-electron chi connectivity index (χ1n) is 9.34. The van der Waals surface area contributed by atoms with Crippen molar-refractivity contribution in [2.24, 2.45) is 0 Å². The van der Waals surface area contributed by atoms with Crippen molar-refractivity contribution in [1.82, 2.24) is 15.1 Å². The summed E-state index contributed by atoms with van der Waals surface area (Å²) < 4.78 is 0. The normalized spacial score (nSPS) is 19.4. The highest BCUT2D eigenvalue weighted by molar-refractivity contribution is 6.22. The lowest BCUT2D eigenvalue weighted by molar-refractivity contribution is -0.122. The zero-order valence-corrected chi connectivity index (χ0v) is 15.6. The number of rotatable bonds is 5. The summed E-state index contributed by atoms with van der Waals surface area (Å²) in [5.41, 5.74) is 0.700. The Kier molecular flexibility index (Phi) is 5.41. The van der Waals surface area contributed by atoms with Gasteiger partial charge < -0.3 is 10.2 Å². The van der Waals surface area contributed by atoms with Crippen molar-refractivity contribution in [2.45, 2.75) is 44.1 Å². The standard InChI is InChI=1S/C20H27N3O3/c1-22(2)20(11-7-3-4-8-12-20)14-21-17(24)13-23-18(25)15-9-5-6-10-16(15)19(23)26/h5-6,9-10H,3-4,7-8,11-14H2,1-2H3,(H,21,24). The molecule has 26 heavy (non-hydrogen) atoms. The number of nitrogens with zero attached hydrogens (tertiary/aromatic N) is 2. The molecule has 0 spiro atoms. The van der Waals surface area contributed by atoms with E-state index in [9.17, 15) is 14.4 Å². The van der Waals surface area contributed by atoms with Crippen molar-refractivity contribution >= 4 is 17.7 Å². The van der Waals surface area contributed by atoms with Crippen LogP contribution in [-0.2, 0) is 4.79 Å². The van der Waals surface area contributed by atoms with Crippen LogP contribution in [-0.4, -0.2) is 60.2 Å². The van der Waals surface area contributed by atoms with E-state index < -0.39 is 11.8 Å². The summed E-state index contributed by atoms with van der Waals surface area (Å²) >= 11 is 0. The molecule has 0 saturated heterocycles. The predicted octanol–water partition coefficient (Wildman–Crippen LogP) is 2.05. The van der Waals surface area contributed by atoms with Crippen LogP contribution < -0.4 is 5.32 Å². The largest absolute Gasteiger partial charge is 0.353 e. The minimum atomic E-state index is -0.391. The zero-order chi connectivity index (χ0) is 18.7. The Bertz CT molecular complexity index is 671. The van der Waals surface area contributed by atoms with Crippen molar-refractivity contribution in [1.29, 1.82) is 0 Å². The van der Waals surface area contributed by atoms with E-state index in [1.54, 1.807) is 24.3 Å². The molecule has 3 amide bonds. The van der Waals surface area contributed by atoms with Gasteiger partial charge in [0, 0.05) is 12.1 Å². The van der Waals surface area contributed by atoms with E-state index in [0.717, 1.165) is 30.6 Å². The lowest BCUT2D eigenvalue weighted by Crippen LogP contribution is -2.53. The number of fused-ring (bicyclic) bond motifs is 1. The summed E-state index contributed by atoms with van der Waals surface area (Å²) in [5.74, 6) is -1.07. The van der Waals surface area contributed by atoms with Gasteiger partial charge in [-0.2, -0.15) is 0 Å². The summed E-state index contributed by atoms with van der Waals surface area (Å²) in [4.78, 5) is 40.5. The number of imide groups is 1. The molecular formula is C20H27N3O3. The molecular weight excluding hydrogens is 330 g/mol. The number of hydrogen-bond acceptors (Lipinski definition) is 4. The lowest BCUT2D eigenvalue weighted by Gasteiger charge is -2.39. The third-order valence-electron chi connectivity index (χ3n) is 5.78. The highest BCUT2D eigenvalue weighted by atomic mass is 16.2. The molecule has 140 valence electrons. The van der Waals surface area contributed by atoms with Gasteiger partial charge in [0.05, 0.1) is 11.1 Å². The molecule has 1 aliphatic heterocycles. The quantitative estimate of drug-likeness (QED) is 0.647. The summed E-state index contributed by atoms with van der Waals surface area (Å²) in [6.45, 7) is 0.317. The average Bonchev–Trinajstić information content (AvgIpc) is 2.82. The Labute approximate surface area is 154 Å². The molecule has 6 nitrogen and oxygen atoms in total. The Morgan fingerprint density at radius 3 is 2.08 bits per heavy atom. The molecule has 1 saturated carbocycles. The summed E-state index contributed by atoms with van der Waals surface area (Å²) in [5, 5.41) is 2.97. The van der Waals surface area contributed by atoms with E-state index in [1.165, 1.54) is 12.8 Å².